The Balaban J connectivity index is 2.33. The molecule has 0 aliphatic heterocycles. The molecular weight excluding hydrogens is 257 g/mol. The van der Waals surface area contributed by atoms with Crippen molar-refractivity contribution < 1.29 is 0 Å². The molecule has 0 radical (unpaired) electrons. The maximum atomic E-state index is 6.11. The molecule has 0 spiro atoms. The van der Waals surface area contributed by atoms with Crippen molar-refractivity contribution in [3.8, 4) is 11.1 Å². The maximum Gasteiger partial charge on any atom is 0.222 e. The van der Waals surface area contributed by atoms with Crippen LogP contribution in [0.25, 0.3) is 11.1 Å². The van der Waals surface area contributed by atoms with Gasteiger partial charge in [-0.05, 0) is 19.1 Å². The molecule has 1 N–H and O–H groups in total. The van der Waals surface area contributed by atoms with Crippen LogP contribution in [0.3, 0.4) is 0 Å². The monoisotopic (exact) mass is 267 g/mol. The molecule has 0 fully saturated rings. The highest BCUT2D eigenvalue weighted by molar-refractivity contribution is 6.36. The molecule has 2 rings (SSSR count). The van der Waals surface area contributed by atoms with Crippen molar-refractivity contribution in [2.45, 2.75) is 6.92 Å². The Morgan fingerprint density at radius 3 is 2.47 bits per heavy atom. The van der Waals surface area contributed by atoms with Gasteiger partial charge in [-0.25, -0.2) is 9.97 Å². The lowest BCUT2D eigenvalue weighted by Gasteiger charge is -2.05. The van der Waals surface area contributed by atoms with Gasteiger partial charge in [0, 0.05) is 40.1 Å². The first-order valence-corrected chi connectivity index (χ1v) is 5.97. The molecular formula is C12H11Cl2N3. The molecule has 0 saturated heterocycles. The number of hydrogen-bond donors (Lipinski definition) is 1. The number of anilines is 1. The van der Waals surface area contributed by atoms with Crippen LogP contribution in [0, 0.1) is 0 Å². The highest BCUT2D eigenvalue weighted by atomic mass is 35.5. The summed E-state index contributed by atoms with van der Waals surface area (Å²) in [5, 5.41) is 4.24. The van der Waals surface area contributed by atoms with E-state index in [1.807, 2.05) is 13.0 Å². The highest BCUT2D eigenvalue weighted by Crippen LogP contribution is 2.29. The van der Waals surface area contributed by atoms with Crippen LogP contribution in [0.2, 0.25) is 10.0 Å². The minimum absolute atomic E-state index is 0.595. The van der Waals surface area contributed by atoms with Crippen LogP contribution in [0.4, 0.5) is 5.95 Å². The Bertz CT molecular complexity index is 512. The smallest absolute Gasteiger partial charge is 0.222 e. The van der Waals surface area contributed by atoms with E-state index in [1.165, 1.54) is 0 Å². The van der Waals surface area contributed by atoms with Gasteiger partial charge in [-0.1, -0.05) is 29.3 Å². The van der Waals surface area contributed by atoms with E-state index in [0.717, 1.165) is 17.7 Å². The quantitative estimate of drug-likeness (QED) is 0.917. The van der Waals surface area contributed by atoms with Gasteiger partial charge in [0.1, 0.15) is 0 Å². The zero-order chi connectivity index (χ0) is 12.3. The number of halogens is 2. The Labute approximate surface area is 110 Å². The van der Waals surface area contributed by atoms with E-state index in [4.69, 9.17) is 23.2 Å². The topological polar surface area (TPSA) is 37.8 Å². The van der Waals surface area contributed by atoms with Crippen LogP contribution in [-0.2, 0) is 0 Å². The Kier molecular flexibility index (Phi) is 3.82. The average molecular weight is 268 g/mol. The molecule has 0 bridgehead atoms. The van der Waals surface area contributed by atoms with Gasteiger partial charge in [0.2, 0.25) is 5.95 Å². The molecule has 0 amide bonds. The van der Waals surface area contributed by atoms with Crippen LogP contribution in [0.5, 0.6) is 0 Å². The van der Waals surface area contributed by atoms with Crippen LogP contribution in [-0.4, -0.2) is 16.5 Å². The zero-order valence-corrected chi connectivity index (χ0v) is 10.8. The minimum atomic E-state index is 0.595. The van der Waals surface area contributed by atoms with Crippen molar-refractivity contribution in [2.24, 2.45) is 0 Å². The van der Waals surface area contributed by atoms with Gasteiger partial charge in [-0.15, -0.1) is 0 Å². The van der Waals surface area contributed by atoms with Crippen LogP contribution >= 0.6 is 23.2 Å². The molecule has 5 heteroatoms. The summed E-state index contributed by atoms with van der Waals surface area (Å²) in [6.45, 7) is 2.79. The van der Waals surface area contributed by atoms with Crippen LogP contribution < -0.4 is 5.32 Å². The summed E-state index contributed by atoms with van der Waals surface area (Å²) in [5.74, 6) is 0.612. The van der Waals surface area contributed by atoms with E-state index in [-0.39, 0.29) is 0 Å². The number of nitrogens with one attached hydrogen (secondary N) is 1. The number of benzene rings is 1. The van der Waals surface area contributed by atoms with E-state index in [2.05, 4.69) is 15.3 Å². The summed E-state index contributed by atoms with van der Waals surface area (Å²) < 4.78 is 0. The fourth-order valence-electron chi connectivity index (χ4n) is 1.44. The number of aromatic nitrogens is 2. The van der Waals surface area contributed by atoms with Crippen molar-refractivity contribution in [1.82, 2.24) is 9.97 Å². The van der Waals surface area contributed by atoms with Gasteiger partial charge in [0.05, 0.1) is 0 Å². The lowest BCUT2D eigenvalue weighted by Crippen LogP contribution is -2.01. The summed E-state index contributed by atoms with van der Waals surface area (Å²) in [6, 6.07) is 5.36. The molecule has 0 atom stereocenters. The molecule has 3 nitrogen and oxygen atoms in total. The van der Waals surface area contributed by atoms with E-state index in [1.54, 1.807) is 24.5 Å². The summed E-state index contributed by atoms with van der Waals surface area (Å²) in [7, 11) is 0. The third-order valence-corrected chi connectivity index (χ3v) is 2.78. The summed E-state index contributed by atoms with van der Waals surface area (Å²) in [4.78, 5) is 8.39. The lowest BCUT2D eigenvalue weighted by atomic mass is 10.1. The first-order valence-electron chi connectivity index (χ1n) is 5.22. The van der Waals surface area contributed by atoms with Crippen molar-refractivity contribution >= 4 is 29.2 Å². The number of rotatable bonds is 3. The fraction of sp³-hybridized carbons (Fsp3) is 0.167. The van der Waals surface area contributed by atoms with Gasteiger partial charge < -0.3 is 5.32 Å². The van der Waals surface area contributed by atoms with Gasteiger partial charge >= 0.3 is 0 Å². The van der Waals surface area contributed by atoms with Crippen molar-refractivity contribution in [3.05, 3.63) is 40.6 Å². The molecule has 1 heterocycles. The third-order valence-electron chi connectivity index (χ3n) is 2.23. The molecule has 0 aliphatic carbocycles. The second-order valence-corrected chi connectivity index (χ2v) is 4.29. The molecule has 0 unspecified atom stereocenters. The third kappa shape index (κ3) is 2.87. The normalized spacial score (nSPS) is 10.3. The van der Waals surface area contributed by atoms with Crippen LogP contribution in [0.1, 0.15) is 6.92 Å². The first kappa shape index (κ1) is 12.1. The second-order valence-electron chi connectivity index (χ2n) is 3.45. The lowest BCUT2D eigenvalue weighted by molar-refractivity contribution is 1.09. The molecule has 1 aromatic carbocycles. The predicted molar refractivity (Wildman–Crippen MR) is 71.7 cm³/mol. The SMILES string of the molecule is CCNc1ncc(-c2ccc(Cl)cc2Cl)cn1. The van der Waals surface area contributed by atoms with Crippen LogP contribution in [0.15, 0.2) is 30.6 Å². The van der Waals surface area contributed by atoms with Crippen molar-refractivity contribution in [2.75, 3.05) is 11.9 Å². The van der Waals surface area contributed by atoms with E-state index < -0.39 is 0 Å². The molecule has 1 aromatic heterocycles. The second kappa shape index (κ2) is 5.34. The highest BCUT2D eigenvalue weighted by Gasteiger charge is 2.05. The summed E-state index contributed by atoms with van der Waals surface area (Å²) >= 11 is 12.0. The molecule has 0 saturated carbocycles. The van der Waals surface area contributed by atoms with Gasteiger partial charge in [0.15, 0.2) is 0 Å². The Morgan fingerprint density at radius 1 is 1.18 bits per heavy atom. The molecule has 88 valence electrons. The number of hydrogen-bond acceptors (Lipinski definition) is 3. The Morgan fingerprint density at radius 2 is 1.88 bits per heavy atom. The van der Waals surface area contributed by atoms with Gasteiger partial charge in [-0.2, -0.15) is 0 Å². The zero-order valence-electron chi connectivity index (χ0n) is 9.24. The fourth-order valence-corrected chi connectivity index (χ4v) is 1.96. The van der Waals surface area contributed by atoms with Crippen molar-refractivity contribution in [3.63, 3.8) is 0 Å². The minimum Gasteiger partial charge on any atom is -0.355 e. The average Bonchev–Trinajstić information content (AvgIpc) is 2.31. The van der Waals surface area contributed by atoms with Crippen molar-refractivity contribution in [1.29, 1.82) is 0 Å². The van der Waals surface area contributed by atoms with Gasteiger partial charge in [0.25, 0.3) is 0 Å². The standard InChI is InChI=1S/C12H11Cl2N3/c1-2-15-12-16-6-8(7-17-12)10-4-3-9(13)5-11(10)14/h3-7H,2H2,1H3,(H,15,16,17). The van der Waals surface area contributed by atoms with Gasteiger partial charge in [-0.3, -0.25) is 0 Å². The predicted octanol–water partition coefficient (Wildman–Crippen LogP) is 3.88. The van der Waals surface area contributed by atoms with E-state index >= 15 is 0 Å². The summed E-state index contributed by atoms with van der Waals surface area (Å²) in [5.41, 5.74) is 1.74. The first-order chi connectivity index (χ1) is 8.20. The van der Waals surface area contributed by atoms with E-state index in [9.17, 15) is 0 Å². The summed E-state index contributed by atoms with van der Waals surface area (Å²) in [6.07, 6.45) is 3.47. The van der Waals surface area contributed by atoms with E-state index in [0.29, 0.717) is 16.0 Å². The Hall–Kier alpha value is -1.32. The molecule has 17 heavy (non-hydrogen) atoms. The maximum absolute atomic E-state index is 6.11. The number of nitrogens with zero attached hydrogens (tertiary/aromatic N) is 2. The molecule has 2 aromatic rings. The molecule has 0 aliphatic rings. The largest absolute Gasteiger partial charge is 0.355 e.